The average molecular weight is 469 g/mol. The number of hydrogen-bond acceptors (Lipinski definition) is 4. The highest BCUT2D eigenvalue weighted by Gasteiger charge is 2.47. The number of rotatable bonds is 6. The van der Waals surface area contributed by atoms with Gasteiger partial charge in [-0.1, -0.05) is 6.42 Å². The molecule has 1 aromatic heterocycles. The van der Waals surface area contributed by atoms with E-state index < -0.39 is 6.09 Å². The Labute approximate surface area is 202 Å². The fourth-order valence-corrected chi connectivity index (χ4v) is 5.65. The van der Waals surface area contributed by atoms with Gasteiger partial charge in [-0.25, -0.2) is 14.1 Å². The molecule has 3 heterocycles. The van der Waals surface area contributed by atoms with E-state index in [0.29, 0.717) is 13.0 Å². The lowest BCUT2D eigenvalue weighted by molar-refractivity contribution is -0.129. The molecule has 2 aromatic rings. The highest BCUT2D eigenvalue weighted by molar-refractivity contribution is 5.89. The van der Waals surface area contributed by atoms with Crippen LogP contribution >= 0.6 is 0 Å². The number of hydrogen-bond donors (Lipinski definition) is 1. The van der Waals surface area contributed by atoms with Crippen LogP contribution in [0.2, 0.25) is 0 Å². The number of quaternary nitrogens is 1. The molecule has 2 amide bonds. The molecule has 184 valence electrons. The van der Waals surface area contributed by atoms with Crippen LogP contribution < -0.4 is 4.48 Å². The quantitative estimate of drug-likeness (QED) is 0.638. The van der Waals surface area contributed by atoms with Gasteiger partial charge in [0.25, 0.3) is 0 Å². The molecule has 2 aliphatic rings. The van der Waals surface area contributed by atoms with E-state index in [1.165, 1.54) is 37.3 Å². The van der Waals surface area contributed by atoms with Crippen molar-refractivity contribution < 1.29 is 14.7 Å². The van der Waals surface area contributed by atoms with Gasteiger partial charge in [-0.15, -0.1) is 0 Å². The zero-order chi connectivity index (χ0) is 24.5. The maximum atomic E-state index is 12.8. The van der Waals surface area contributed by atoms with Crippen molar-refractivity contribution in [1.29, 1.82) is 0 Å². The summed E-state index contributed by atoms with van der Waals surface area (Å²) in [5.41, 5.74) is 3.81. The van der Waals surface area contributed by atoms with E-state index in [4.69, 9.17) is 0 Å². The van der Waals surface area contributed by atoms with E-state index in [0.717, 1.165) is 35.5 Å². The Hall–Kier alpha value is -2.71. The van der Waals surface area contributed by atoms with Gasteiger partial charge in [0.2, 0.25) is 0 Å². The summed E-state index contributed by atoms with van der Waals surface area (Å²) in [6.07, 6.45) is 7.51. The monoisotopic (exact) mass is 468 g/mol. The first-order chi connectivity index (χ1) is 16.3. The molecule has 1 fully saturated rings. The van der Waals surface area contributed by atoms with Gasteiger partial charge in [0.1, 0.15) is 5.69 Å². The molecule has 0 radical (unpaired) electrons. The van der Waals surface area contributed by atoms with Crippen LogP contribution in [-0.2, 0) is 11.3 Å². The van der Waals surface area contributed by atoms with Gasteiger partial charge in [0.05, 0.1) is 38.8 Å². The molecule has 0 spiro atoms. The van der Waals surface area contributed by atoms with Gasteiger partial charge in [0.15, 0.2) is 0 Å². The summed E-state index contributed by atoms with van der Waals surface area (Å²) >= 11 is 0. The maximum absolute atomic E-state index is 12.8. The smallest absolute Gasteiger partial charge is 0.407 e. The summed E-state index contributed by atoms with van der Waals surface area (Å²) < 4.78 is 2.17. The second kappa shape index (κ2) is 9.88. The Morgan fingerprint density at radius 3 is 2.56 bits per heavy atom. The Morgan fingerprint density at radius 2 is 1.91 bits per heavy atom. The van der Waals surface area contributed by atoms with E-state index in [1.54, 1.807) is 6.92 Å². The first-order valence-corrected chi connectivity index (χ1v) is 12.5. The minimum absolute atomic E-state index is 0.0215. The lowest BCUT2D eigenvalue weighted by Gasteiger charge is -2.45. The van der Waals surface area contributed by atoms with Crippen LogP contribution in [0, 0.1) is 0 Å². The summed E-state index contributed by atoms with van der Waals surface area (Å²) in [4.78, 5) is 28.8. The van der Waals surface area contributed by atoms with Crippen LogP contribution in [0.1, 0.15) is 58.1 Å². The van der Waals surface area contributed by atoms with E-state index >= 15 is 0 Å². The average Bonchev–Trinajstić information content (AvgIpc) is 3.30. The number of piperidine rings is 1. The highest BCUT2D eigenvalue weighted by Crippen LogP contribution is 2.45. The van der Waals surface area contributed by atoms with Gasteiger partial charge in [-0.05, 0) is 57.5 Å². The molecule has 1 aromatic carbocycles. The number of carboxylic acid groups (broad SMARTS) is 1. The number of carbonyl (C=O) groups is 2. The summed E-state index contributed by atoms with van der Waals surface area (Å²) in [5.74, 6) is 0.0591. The molecular weight excluding hydrogens is 430 g/mol. The van der Waals surface area contributed by atoms with Crippen molar-refractivity contribution in [3.8, 4) is 11.1 Å². The molecule has 3 atom stereocenters. The molecule has 1 N–H and O–H groups in total. The fourth-order valence-electron chi connectivity index (χ4n) is 5.65. The SMILES string of the molecule is CCN(C(=O)O)C1C[C@H](C)[N@+](C)(C(C)=O)c2ccc(-c3cnn(CCN4CCCCC4)c3)cc21. The maximum Gasteiger partial charge on any atom is 0.407 e. The number of benzene rings is 1. The molecular formula is C26H38N5O3+. The predicted molar refractivity (Wildman–Crippen MR) is 134 cm³/mol. The standard InChI is InChI=1S/C26H37N5O3/c1-5-30(26(33)34)24-15-19(2)31(4,20(3)32)25-10-9-21(16-23(24)25)22-17-27-29(18-22)14-13-28-11-7-6-8-12-28/h9-10,16-19,24H,5-8,11-15H2,1-4H3/p+1/t19-,24?,31+/m0/s1. The molecule has 8 heteroatoms. The van der Waals surface area contributed by atoms with Crippen LogP contribution in [0.3, 0.4) is 0 Å². The van der Waals surface area contributed by atoms with Crippen molar-refractivity contribution in [3.63, 3.8) is 0 Å². The number of amides is 2. The van der Waals surface area contributed by atoms with Crippen molar-refractivity contribution in [2.24, 2.45) is 0 Å². The normalized spacial score (nSPS) is 25.1. The topological polar surface area (TPSA) is 78.7 Å². The Bertz CT molecular complexity index is 1040. The molecule has 4 rings (SSSR count). The zero-order valence-electron chi connectivity index (χ0n) is 20.9. The van der Waals surface area contributed by atoms with Gasteiger partial charge >= 0.3 is 12.0 Å². The van der Waals surface area contributed by atoms with E-state index in [9.17, 15) is 14.7 Å². The van der Waals surface area contributed by atoms with E-state index in [-0.39, 0.29) is 22.5 Å². The summed E-state index contributed by atoms with van der Waals surface area (Å²) in [6, 6.07) is 5.81. The molecule has 1 saturated heterocycles. The molecule has 1 unspecified atom stereocenters. The van der Waals surface area contributed by atoms with Crippen molar-refractivity contribution >= 4 is 17.7 Å². The third-order valence-electron chi connectivity index (χ3n) is 8.01. The van der Waals surface area contributed by atoms with Crippen LogP contribution in [0.25, 0.3) is 11.1 Å². The largest absolute Gasteiger partial charge is 0.465 e. The molecule has 2 aliphatic heterocycles. The Kier molecular flexibility index (Phi) is 7.09. The van der Waals surface area contributed by atoms with Crippen molar-refractivity contribution in [2.45, 2.75) is 65.1 Å². The summed E-state index contributed by atoms with van der Waals surface area (Å²) in [6.45, 7) is 10.1. The first-order valence-electron chi connectivity index (χ1n) is 12.5. The summed E-state index contributed by atoms with van der Waals surface area (Å²) in [7, 11) is 1.94. The lowest BCUT2D eigenvalue weighted by atomic mass is 9.86. The number of likely N-dealkylation sites (tertiary alicyclic amines) is 1. The minimum Gasteiger partial charge on any atom is -0.465 e. The fraction of sp³-hybridized carbons (Fsp3) is 0.577. The van der Waals surface area contributed by atoms with E-state index in [2.05, 4.69) is 22.3 Å². The van der Waals surface area contributed by atoms with Crippen molar-refractivity contribution in [1.82, 2.24) is 24.1 Å². The first kappa shape index (κ1) is 24.4. The lowest BCUT2D eigenvalue weighted by Crippen LogP contribution is -2.60. The molecule has 0 aliphatic carbocycles. The van der Waals surface area contributed by atoms with Gasteiger partial charge in [-0.3, -0.25) is 4.68 Å². The van der Waals surface area contributed by atoms with Crippen LogP contribution in [0.15, 0.2) is 30.6 Å². The third-order valence-corrected chi connectivity index (χ3v) is 8.01. The van der Waals surface area contributed by atoms with Gasteiger partial charge in [0, 0.05) is 42.9 Å². The zero-order valence-corrected chi connectivity index (χ0v) is 20.9. The van der Waals surface area contributed by atoms with E-state index in [1.807, 2.05) is 43.9 Å². The number of aromatic nitrogens is 2. The molecule has 34 heavy (non-hydrogen) atoms. The van der Waals surface area contributed by atoms with Crippen LogP contribution in [-0.4, -0.2) is 76.0 Å². The van der Waals surface area contributed by atoms with Gasteiger partial charge < -0.3 is 14.9 Å². The second-order valence-corrected chi connectivity index (χ2v) is 9.93. The molecule has 8 nitrogen and oxygen atoms in total. The van der Waals surface area contributed by atoms with Crippen molar-refractivity contribution in [2.75, 3.05) is 33.2 Å². The van der Waals surface area contributed by atoms with Crippen LogP contribution in [0.5, 0.6) is 0 Å². The molecule has 0 saturated carbocycles. The molecule has 0 bridgehead atoms. The summed E-state index contributed by atoms with van der Waals surface area (Å²) in [5, 5.41) is 14.5. The third kappa shape index (κ3) is 4.49. The Balaban J connectivity index is 1.66. The second-order valence-electron chi connectivity index (χ2n) is 9.93. The predicted octanol–water partition coefficient (Wildman–Crippen LogP) is 4.35. The number of fused-ring (bicyclic) bond motifs is 1. The highest BCUT2D eigenvalue weighted by atomic mass is 16.4. The number of nitrogens with zero attached hydrogens (tertiary/aromatic N) is 5. The Morgan fingerprint density at radius 1 is 1.18 bits per heavy atom. The van der Waals surface area contributed by atoms with Crippen molar-refractivity contribution in [3.05, 3.63) is 36.2 Å². The van der Waals surface area contributed by atoms with Crippen LogP contribution in [0.4, 0.5) is 10.5 Å². The van der Waals surface area contributed by atoms with Gasteiger partial charge in [-0.2, -0.15) is 5.10 Å². The number of carbonyl (C=O) groups excluding carboxylic acids is 1. The minimum atomic E-state index is -0.930.